The maximum atomic E-state index is 12.9. The molecule has 0 unspecified atom stereocenters. The van der Waals surface area contributed by atoms with Gasteiger partial charge >= 0.3 is 0 Å². The Labute approximate surface area is 168 Å². The van der Waals surface area contributed by atoms with Crippen LogP contribution in [-0.4, -0.2) is 56.2 Å². The van der Waals surface area contributed by atoms with Crippen molar-refractivity contribution in [1.29, 1.82) is 0 Å². The lowest BCUT2D eigenvalue weighted by atomic mass is 9.53. The van der Waals surface area contributed by atoms with Crippen LogP contribution in [0.25, 0.3) is 0 Å². The summed E-state index contributed by atoms with van der Waals surface area (Å²) in [5, 5.41) is 3.76. The Morgan fingerprint density at radius 1 is 1.04 bits per heavy atom. The van der Waals surface area contributed by atoms with Gasteiger partial charge in [0.1, 0.15) is 5.75 Å². The summed E-state index contributed by atoms with van der Waals surface area (Å²) in [4.78, 5) is 17.2. The molecule has 0 spiro atoms. The molecule has 6 rings (SSSR count). The Morgan fingerprint density at radius 3 is 2.25 bits per heavy atom. The molecule has 1 aliphatic heterocycles. The van der Waals surface area contributed by atoms with Gasteiger partial charge in [-0.3, -0.25) is 4.79 Å². The number of hydrogen-bond acceptors (Lipinski definition) is 4. The second-order valence-electron chi connectivity index (χ2n) is 9.59. The molecule has 1 N–H and O–H groups in total. The summed E-state index contributed by atoms with van der Waals surface area (Å²) in [6.07, 6.45) is 8.23. The van der Waals surface area contributed by atoms with E-state index < -0.39 is 0 Å². The largest absolute Gasteiger partial charge is 0.495 e. The third kappa shape index (κ3) is 3.38. The number of anilines is 1. The fourth-order valence-electron chi connectivity index (χ4n) is 6.79. The zero-order chi connectivity index (χ0) is 19.1. The van der Waals surface area contributed by atoms with Crippen molar-refractivity contribution in [2.75, 3.05) is 44.7 Å². The van der Waals surface area contributed by atoms with Crippen molar-refractivity contribution in [2.45, 2.75) is 44.1 Å². The van der Waals surface area contributed by atoms with Crippen molar-refractivity contribution in [2.24, 2.45) is 17.8 Å². The van der Waals surface area contributed by atoms with Gasteiger partial charge in [-0.25, -0.2) is 0 Å². The lowest BCUT2D eigenvalue weighted by Crippen LogP contribution is -2.60. The molecule has 1 aromatic rings. The number of amides is 1. The fourth-order valence-corrected chi connectivity index (χ4v) is 6.79. The lowest BCUT2D eigenvalue weighted by molar-refractivity contribution is -0.131. The van der Waals surface area contributed by atoms with Gasteiger partial charge in [-0.1, -0.05) is 12.1 Å². The monoisotopic (exact) mass is 383 g/mol. The molecule has 28 heavy (non-hydrogen) atoms. The van der Waals surface area contributed by atoms with Crippen LogP contribution in [0, 0.1) is 17.8 Å². The highest BCUT2D eigenvalue weighted by Gasteiger charge is 2.50. The van der Waals surface area contributed by atoms with E-state index in [2.05, 4.69) is 16.3 Å². The first kappa shape index (κ1) is 18.3. The second-order valence-corrected chi connectivity index (χ2v) is 9.59. The van der Waals surface area contributed by atoms with Gasteiger partial charge in [0, 0.05) is 31.7 Å². The molecule has 0 aromatic heterocycles. The molecule has 1 aromatic carbocycles. The SMILES string of the molecule is COc1ccccc1N1CCN(C(=O)CNC23CC4CC(CC(C4)C2)C3)CC1. The first-order chi connectivity index (χ1) is 13.6. The first-order valence-electron chi connectivity index (χ1n) is 11.0. The number of para-hydroxylation sites is 2. The summed E-state index contributed by atoms with van der Waals surface area (Å²) in [5.74, 6) is 3.93. The molecule has 5 aliphatic rings. The smallest absolute Gasteiger partial charge is 0.236 e. The topological polar surface area (TPSA) is 44.8 Å². The molecule has 1 saturated heterocycles. The number of nitrogens with one attached hydrogen (secondary N) is 1. The summed E-state index contributed by atoms with van der Waals surface area (Å²) in [5.41, 5.74) is 1.40. The van der Waals surface area contributed by atoms with Gasteiger partial charge in [-0.05, 0) is 68.4 Å². The molecule has 0 radical (unpaired) electrons. The summed E-state index contributed by atoms with van der Waals surface area (Å²) in [6.45, 7) is 3.83. The average molecular weight is 384 g/mol. The maximum absolute atomic E-state index is 12.9. The molecule has 4 bridgehead atoms. The fraction of sp³-hybridized carbons (Fsp3) is 0.696. The van der Waals surface area contributed by atoms with Gasteiger partial charge < -0.3 is 19.9 Å². The minimum atomic E-state index is 0.267. The second kappa shape index (κ2) is 7.25. The van der Waals surface area contributed by atoms with Crippen molar-refractivity contribution in [1.82, 2.24) is 10.2 Å². The predicted octanol–water partition coefficient (Wildman–Crippen LogP) is 2.90. The van der Waals surface area contributed by atoms with Crippen LogP contribution >= 0.6 is 0 Å². The predicted molar refractivity (Wildman–Crippen MR) is 111 cm³/mol. The zero-order valence-corrected chi connectivity index (χ0v) is 17.0. The number of ether oxygens (including phenoxy) is 1. The molecule has 5 nitrogen and oxygen atoms in total. The number of rotatable bonds is 5. The van der Waals surface area contributed by atoms with Crippen LogP contribution in [0.3, 0.4) is 0 Å². The Morgan fingerprint density at radius 2 is 1.64 bits per heavy atom. The van der Waals surface area contributed by atoms with Crippen LogP contribution in [0.2, 0.25) is 0 Å². The molecule has 4 saturated carbocycles. The van der Waals surface area contributed by atoms with Gasteiger partial charge in [0.2, 0.25) is 5.91 Å². The van der Waals surface area contributed by atoms with Crippen LogP contribution < -0.4 is 15.0 Å². The standard InChI is InChI=1S/C23H33N3O2/c1-28-21-5-3-2-4-20(21)25-6-8-26(9-7-25)22(27)16-24-23-13-17-10-18(14-23)12-19(11-17)15-23/h2-5,17-19,24H,6-16H2,1H3. The quantitative estimate of drug-likeness (QED) is 0.849. The summed E-state index contributed by atoms with van der Waals surface area (Å²) in [7, 11) is 1.72. The van der Waals surface area contributed by atoms with E-state index in [0.717, 1.165) is 55.4 Å². The van der Waals surface area contributed by atoms with Crippen LogP contribution in [0.15, 0.2) is 24.3 Å². The number of nitrogens with zero attached hydrogens (tertiary/aromatic N) is 2. The van der Waals surface area contributed by atoms with E-state index in [4.69, 9.17) is 4.74 Å². The number of hydrogen-bond donors (Lipinski definition) is 1. The van der Waals surface area contributed by atoms with Gasteiger partial charge in [-0.2, -0.15) is 0 Å². The summed E-state index contributed by atoms with van der Waals surface area (Å²) < 4.78 is 5.50. The summed E-state index contributed by atoms with van der Waals surface area (Å²) in [6, 6.07) is 8.15. The minimum Gasteiger partial charge on any atom is -0.495 e. The van der Waals surface area contributed by atoms with Crippen LogP contribution in [-0.2, 0) is 4.79 Å². The number of carbonyl (C=O) groups excluding carboxylic acids is 1. The van der Waals surface area contributed by atoms with Crippen LogP contribution in [0.5, 0.6) is 5.75 Å². The van der Waals surface area contributed by atoms with Crippen molar-refractivity contribution in [3.05, 3.63) is 24.3 Å². The number of carbonyl (C=O) groups is 1. The molecule has 152 valence electrons. The molecular formula is C23H33N3O2. The molecule has 1 heterocycles. The minimum absolute atomic E-state index is 0.267. The van der Waals surface area contributed by atoms with Gasteiger partial charge in [0.25, 0.3) is 0 Å². The van der Waals surface area contributed by atoms with Crippen molar-refractivity contribution < 1.29 is 9.53 Å². The van der Waals surface area contributed by atoms with Crippen LogP contribution in [0.1, 0.15) is 38.5 Å². The van der Waals surface area contributed by atoms with Crippen molar-refractivity contribution >= 4 is 11.6 Å². The highest BCUT2D eigenvalue weighted by molar-refractivity contribution is 5.78. The van der Waals surface area contributed by atoms with E-state index in [-0.39, 0.29) is 11.4 Å². The van der Waals surface area contributed by atoms with Gasteiger partial charge in [0.15, 0.2) is 0 Å². The Balaban J connectivity index is 1.15. The Hall–Kier alpha value is -1.75. The molecule has 0 atom stereocenters. The third-order valence-corrected chi connectivity index (χ3v) is 7.71. The lowest BCUT2D eigenvalue weighted by Gasteiger charge is -2.57. The molecule has 5 fully saturated rings. The number of piperazine rings is 1. The first-order valence-corrected chi connectivity index (χ1v) is 11.0. The molecule has 4 aliphatic carbocycles. The van der Waals surface area contributed by atoms with E-state index in [1.165, 1.54) is 38.5 Å². The third-order valence-electron chi connectivity index (χ3n) is 7.71. The number of methoxy groups -OCH3 is 1. The Bertz CT molecular complexity index is 691. The normalized spacial score (nSPS) is 34.0. The highest BCUT2D eigenvalue weighted by Crippen LogP contribution is 2.55. The van der Waals surface area contributed by atoms with E-state index in [0.29, 0.717) is 6.54 Å². The Kier molecular flexibility index (Phi) is 4.74. The molecule has 5 heteroatoms. The number of benzene rings is 1. The van der Waals surface area contributed by atoms with Gasteiger partial charge in [-0.15, -0.1) is 0 Å². The zero-order valence-electron chi connectivity index (χ0n) is 17.0. The molecule has 1 amide bonds. The van der Waals surface area contributed by atoms with E-state index in [1.54, 1.807) is 7.11 Å². The van der Waals surface area contributed by atoms with Crippen molar-refractivity contribution in [3.8, 4) is 5.75 Å². The van der Waals surface area contributed by atoms with Crippen LogP contribution in [0.4, 0.5) is 5.69 Å². The average Bonchev–Trinajstić information content (AvgIpc) is 2.71. The maximum Gasteiger partial charge on any atom is 0.236 e. The van der Waals surface area contributed by atoms with E-state index in [9.17, 15) is 4.79 Å². The summed E-state index contributed by atoms with van der Waals surface area (Å²) >= 11 is 0. The molecular weight excluding hydrogens is 350 g/mol. The highest BCUT2D eigenvalue weighted by atomic mass is 16.5. The van der Waals surface area contributed by atoms with Gasteiger partial charge in [0.05, 0.1) is 19.3 Å². The van der Waals surface area contributed by atoms with E-state index >= 15 is 0 Å². The van der Waals surface area contributed by atoms with E-state index in [1.807, 2.05) is 23.1 Å². The van der Waals surface area contributed by atoms with Crippen molar-refractivity contribution in [3.63, 3.8) is 0 Å².